The molecule has 1 aromatic carbocycles. The molecule has 1 aliphatic heterocycles. The number of sulfonamides is 1. The standard InChI is InChI=1S/C19H27N3O3S/c1-3-4-14-26(24,25)22-12-8-15(9-13-22)19(23)20-17-6-5-7-18-16(17)10-11-21(18)2/h5-7,10-11,15H,3-4,8-9,12-14H2,1-2H3,(H,20,23). The minimum Gasteiger partial charge on any atom is -0.350 e. The van der Waals surface area contributed by atoms with Gasteiger partial charge in [-0.2, -0.15) is 0 Å². The number of benzene rings is 1. The van der Waals surface area contributed by atoms with Crippen molar-refractivity contribution in [2.45, 2.75) is 32.6 Å². The number of carbonyl (C=O) groups excluding carboxylic acids is 1. The summed E-state index contributed by atoms with van der Waals surface area (Å²) in [5, 5.41) is 4.05. The molecule has 3 rings (SSSR count). The number of amides is 1. The van der Waals surface area contributed by atoms with Crippen molar-refractivity contribution in [1.82, 2.24) is 8.87 Å². The number of nitrogens with one attached hydrogen (secondary N) is 1. The molecule has 0 saturated carbocycles. The number of hydrogen-bond acceptors (Lipinski definition) is 3. The van der Waals surface area contributed by atoms with Crippen LogP contribution in [0.25, 0.3) is 10.9 Å². The van der Waals surface area contributed by atoms with E-state index in [0.29, 0.717) is 32.4 Å². The molecular weight excluding hydrogens is 350 g/mol. The number of unbranched alkanes of at least 4 members (excludes halogenated alkanes) is 1. The molecule has 26 heavy (non-hydrogen) atoms. The van der Waals surface area contributed by atoms with Gasteiger partial charge in [-0.25, -0.2) is 12.7 Å². The maximum absolute atomic E-state index is 12.7. The first-order valence-corrected chi connectivity index (χ1v) is 10.9. The number of rotatable bonds is 6. The summed E-state index contributed by atoms with van der Waals surface area (Å²) in [6.45, 7) is 2.85. The van der Waals surface area contributed by atoms with Crippen LogP contribution in [-0.4, -0.2) is 42.0 Å². The fourth-order valence-corrected chi connectivity index (χ4v) is 5.18. The van der Waals surface area contributed by atoms with Crippen LogP contribution >= 0.6 is 0 Å². The van der Waals surface area contributed by atoms with Crippen LogP contribution in [0, 0.1) is 5.92 Å². The first-order chi connectivity index (χ1) is 12.4. The number of piperidine rings is 1. The lowest BCUT2D eigenvalue weighted by atomic mass is 9.97. The lowest BCUT2D eigenvalue weighted by Crippen LogP contribution is -2.42. The van der Waals surface area contributed by atoms with Gasteiger partial charge in [-0.15, -0.1) is 0 Å². The lowest BCUT2D eigenvalue weighted by molar-refractivity contribution is -0.120. The van der Waals surface area contributed by atoms with Crippen molar-refractivity contribution in [2.75, 3.05) is 24.2 Å². The Hall–Kier alpha value is -1.86. The van der Waals surface area contributed by atoms with Crippen LogP contribution in [0.2, 0.25) is 0 Å². The van der Waals surface area contributed by atoms with E-state index in [0.717, 1.165) is 23.0 Å². The molecule has 1 aliphatic rings. The van der Waals surface area contributed by atoms with E-state index in [1.807, 2.05) is 49.0 Å². The highest BCUT2D eigenvalue weighted by molar-refractivity contribution is 7.89. The van der Waals surface area contributed by atoms with Gasteiger partial charge >= 0.3 is 0 Å². The minimum atomic E-state index is -3.18. The molecule has 142 valence electrons. The highest BCUT2D eigenvalue weighted by Gasteiger charge is 2.30. The second kappa shape index (κ2) is 7.80. The van der Waals surface area contributed by atoms with E-state index < -0.39 is 10.0 Å². The minimum absolute atomic E-state index is 0.0213. The van der Waals surface area contributed by atoms with E-state index in [4.69, 9.17) is 0 Å². The average molecular weight is 378 g/mol. The zero-order valence-electron chi connectivity index (χ0n) is 15.4. The van der Waals surface area contributed by atoms with E-state index in [1.54, 1.807) is 4.31 Å². The van der Waals surface area contributed by atoms with Gasteiger partial charge in [0.15, 0.2) is 0 Å². The molecule has 1 saturated heterocycles. The molecule has 6 nitrogen and oxygen atoms in total. The highest BCUT2D eigenvalue weighted by atomic mass is 32.2. The summed E-state index contributed by atoms with van der Waals surface area (Å²) in [6.07, 6.45) is 4.66. The number of nitrogens with zero attached hydrogens (tertiary/aromatic N) is 2. The lowest BCUT2D eigenvalue weighted by Gasteiger charge is -2.30. The molecule has 7 heteroatoms. The summed E-state index contributed by atoms with van der Waals surface area (Å²) in [7, 11) is -1.21. The summed E-state index contributed by atoms with van der Waals surface area (Å²) >= 11 is 0. The van der Waals surface area contributed by atoms with Crippen LogP contribution in [0.4, 0.5) is 5.69 Å². The predicted octanol–water partition coefficient (Wildman–Crippen LogP) is 2.96. The Morgan fingerprint density at radius 2 is 1.96 bits per heavy atom. The monoisotopic (exact) mass is 377 g/mol. The zero-order valence-corrected chi connectivity index (χ0v) is 16.3. The number of hydrogen-bond donors (Lipinski definition) is 1. The van der Waals surface area contributed by atoms with Crippen molar-refractivity contribution < 1.29 is 13.2 Å². The second-order valence-electron chi connectivity index (χ2n) is 7.00. The van der Waals surface area contributed by atoms with Gasteiger partial charge in [0.05, 0.1) is 11.4 Å². The molecule has 0 aliphatic carbocycles. The van der Waals surface area contributed by atoms with Crippen molar-refractivity contribution in [3.8, 4) is 0 Å². The summed E-state index contributed by atoms with van der Waals surface area (Å²) in [6, 6.07) is 7.85. The molecule has 1 fully saturated rings. The first kappa shape index (κ1) is 18.9. The number of fused-ring (bicyclic) bond motifs is 1. The average Bonchev–Trinajstić information content (AvgIpc) is 3.02. The molecular formula is C19H27N3O3S. The number of aryl methyl sites for hydroxylation is 1. The van der Waals surface area contributed by atoms with Crippen molar-refractivity contribution >= 4 is 32.5 Å². The molecule has 0 radical (unpaired) electrons. The molecule has 0 spiro atoms. The number of aromatic nitrogens is 1. The Kier molecular flexibility index (Phi) is 5.67. The van der Waals surface area contributed by atoms with Gasteiger partial charge in [0.1, 0.15) is 0 Å². The van der Waals surface area contributed by atoms with Crippen LogP contribution in [0.5, 0.6) is 0 Å². The molecule has 0 atom stereocenters. The Bertz CT molecular complexity index is 881. The molecule has 1 aromatic heterocycles. The summed E-state index contributed by atoms with van der Waals surface area (Å²) in [5.41, 5.74) is 1.88. The molecule has 1 N–H and O–H groups in total. The van der Waals surface area contributed by atoms with Gasteiger partial charge in [-0.05, 0) is 37.5 Å². The SMILES string of the molecule is CCCCS(=O)(=O)N1CCC(C(=O)Nc2cccc3c2ccn3C)CC1. The highest BCUT2D eigenvalue weighted by Crippen LogP contribution is 2.26. The van der Waals surface area contributed by atoms with Crippen molar-refractivity contribution in [1.29, 1.82) is 0 Å². The molecule has 1 amide bonds. The summed E-state index contributed by atoms with van der Waals surface area (Å²) < 4.78 is 28.1. The maximum Gasteiger partial charge on any atom is 0.227 e. The van der Waals surface area contributed by atoms with Crippen molar-refractivity contribution in [3.05, 3.63) is 30.5 Å². The second-order valence-corrected chi connectivity index (χ2v) is 9.09. The Morgan fingerprint density at radius 1 is 1.23 bits per heavy atom. The molecule has 0 bridgehead atoms. The van der Waals surface area contributed by atoms with Crippen molar-refractivity contribution in [2.24, 2.45) is 13.0 Å². The molecule has 2 aromatic rings. The van der Waals surface area contributed by atoms with Gasteiger partial charge in [-0.3, -0.25) is 4.79 Å². The van der Waals surface area contributed by atoms with Gasteiger partial charge in [0.25, 0.3) is 0 Å². The third-order valence-electron chi connectivity index (χ3n) is 5.16. The Morgan fingerprint density at radius 3 is 2.65 bits per heavy atom. The van der Waals surface area contributed by atoms with E-state index in [2.05, 4.69) is 5.32 Å². The normalized spacial score (nSPS) is 16.8. The largest absolute Gasteiger partial charge is 0.350 e. The fourth-order valence-electron chi connectivity index (χ4n) is 3.50. The van der Waals surface area contributed by atoms with Gasteiger partial charge in [0.2, 0.25) is 15.9 Å². The van der Waals surface area contributed by atoms with Crippen molar-refractivity contribution in [3.63, 3.8) is 0 Å². The molecule has 0 unspecified atom stereocenters. The Labute approximate surface area is 155 Å². The number of anilines is 1. The van der Waals surface area contributed by atoms with E-state index in [9.17, 15) is 13.2 Å². The predicted molar refractivity (Wildman–Crippen MR) is 105 cm³/mol. The van der Waals surface area contributed by atoms with Gasteiger partial charge < -0.3 is 9.88 Å². The zero-order chi connectivity index (χ0) is 18.7. The quantitative estimate of drug-likeness (QED) is 0.841. The molecule has 2 heterocycles. The van der Waals surface area contributed by atoms with E-state index in [1.165, 1.54) is 0 Å². The Balaban J connectivity index is 1.62. The van der Waals surface area contributed by atoms with Gasteiger partial charge in [-0.1, -0.05) is 19.4 Å². The summed E-state index contributed by atoms with van der Waals surface area (Å²) in [5.74, 6) is 0.0367. The van der Waals surface area contributed by atoms with Gasteiger partial charge in [0, 0.05) is 43.2 Å². The third kappa shape index (κ3) is 3.94. The first-order valence-electron chi connectivity index (χ1n) is 9.25. The van der Waals surface area contributed by atoms with Crippen LogP contribution in [0.1, 0.15) is 32.6 Å². The van der Waals surface area contributed by atoms with Crippen LogP contribution in [-0.2, 0) is 21.9 Å². The van der Waals surface area contributed by atoms with E-state index in [-0.39, 0.29) is 17.6 Å². The number of carbonyl (C=O) groups is 1. The topological polar surface area (TPSA) is 71.4 Å². The smallest absolute Gasteiger partial charge is 0.227 e. The van der Waals surface area contributed by atoms with Crippen LogP contribution < -0.4 is 5.32 Å². The summed E-state index contributed by atoms with van der Waals surface area (Å²) in [4.78, 5) is 12.7. The maximum atomic E-state index is 12.7. The van der Waals surface area contributed by atoms with Crippen LogP contribution in [0.15, 0.2) is 30.5 Å². The fraction of sp³-hybridized carbons (Fsp3) is 0.526. The van der Waals surface area contributed by atoms with Crippen LogP contribution in [0.3, 0.4) is 0 Å². The van der Waals surface area contributed by atoms with E-state index >= 15 is 0 Å². The third-order valence-corrected chi connectivity index (χ3v) is 7.12.